The van der Waals surface area contributed by atoms with Gasteiger partial charge in [0.25, 0.3) is 0 Å². The van der Waals surface area contributed by atoms with Crippen LogP contribution in [0.1, 0.15) is 55.4 Å². The zero-order valence-corrected chi connectivity index (χ0v) is 13.2. The molecule has 21 heavy (non-hydrogen) atoms. The molecule has 2 nitrogen and oxygen atoms in total. The van der Waals surface area contributed by atoms with Gasteiger partial charge in [-0.1, -0.05) is 26.5 Å². The fourth-order valence-corrected chi connectivity index (χ4v) is 4.67. The molecule has 1 aromatic carbocycles. The summed E-state index contributed by atoms with van der Waals surface area (Å²) in [7, 11) is 0. The summed E-state index contributed by atoms with van der Waals surface area (Å²) in [6.45, 7) is 10.2. The zero-order chi connectivity index (χ0) is 15.4. The molecule has 1 fully saturated rings. The highest BCUT2D eigenvalue weighted by Gasteiger charge is 2.48. The molecule has 2 aliphatic rings. The first-order valence-corrected chi connectivity index (χ1v) is 7.91. The van der Waals surface area contributed by atoms with Gasteiger partial charge in [0.1, 0.15) is 11.5 Å². The quantitative estimate of drug-likeness (QED) is 0.840. The largest absolute Gasteiger partial charge is 0.508 e. The van der Waals surface area contributed by atoms with Crippen LogP contribution < -0.4 is 0 Å². The molecular formula is C19H24O2. The minimum atomic E-state index is 0.00382. The van der Waals surface area contributed by atoms with Crippen LogP contribution in [0.5, 0.6) is 5.75 Å². The highest BCUT2D eigenvalue weighted by atomic mass is 16.3. The van der Waals surface area contributed by atoms with E-state index >= 15 is 0 Å². The maximum Gasteiger partial charge on any atom is 0.136 e. The minimum absolute atomic E-state index is 0.00382. The second-order valence-electron chi connectivity index (χ2n) is 6.98. The van der Waals surface area contributed by atoms with Crippen LogP contribution >= 0.6 is 0 Å². The van der Waals surface area contributed by atoms with Gasteiger partial charge in [-0.15, -0.1) is 0 Å². The van der Waals surface area contributed by atoms with Gasteiger partial charge in [-0.2, -0.15) is 0 Å². The Labute approximate surface area is 126 Å². The molecule has 0 amide bonds. The van der Waals surface area contributed by atoms with Gasteiger partial charge in [-0.05, 0) is 65.8 Å². The number of Topliss-reactive ketones (excluding diaryl/α,β-unsaturated/α-hetero) is 1. The van der Waals surface area contributed by atoms with Crippen LogP contribution in [0.4, 0.5) is 0 Å². The number of ketones is 1. The van der Waals surface area contributed by atoms with E-state index in [4.69, 9.17) is 0 Å². The highest BCUT2D eigenvalue weighted by Crippen LogP contribution is 2.53. The third kappa shape index (κ3) is 1.88. The van der Waals surface area contributed by atoms with E-state index in [1.54, 1.807) is 0 Å². The molecule has 1 saturated carbocycles. The SMILES string of the molecule is C=Cc1c(C)c(O)cc2c1CCC1C(C)C(=O)CCC21C. The Morgan fingerprint density at radius 3 is 2.81 bits per heavy atom. The fraction of sp³-hybridized carbons (Fsp3) is 0.526. The van der Waals surface area contributed by atoms with Crippen LogP contribution in [0.15, 0.2) is 12.6 Å². The molecule has 0 saturated heterocycles. The number of phenolic OH excluding ortho intramolecular Hbond substituents is 1. The summed E-state index contributed by atoms with van der Waals surface area (Å²) in [5.74, 6) is 1.29. The number of phenols is 1. The van der Waals surface area contributed by atoms with Crippen molar-refractivity contribution in [3.8, 4) is 5.75 Å². The lowest BCUT2D eigenvalue weighted by Gasteiger charge is -2.49. The van der Waals surface area contributed by atoms with Crippen molar-refractivity contribution in [2.45, 2.75) is 51.9 Å². The molecule has 2 aliphatic carbocycles. The number of fused-ring (bicyclic) bond motifs is 3. The lowest BCUT2D eigenvalue weighted by atomic mass is 9.54. The minimum Gasteiger partial charge on any atom is -0.508 e. The van der Waals surface area contributed by atoms with Crippen LogP contribution in [0.2, 0.25) is 0 Å². The monoisotopic (exact) mass is 284 g/mol. The number of carbonyl (C=O) groups excluding carboxylic acids is 1. The molecule has 3 rings (SSSR count). The third-order valence-corrected chi connectivity index (χ3v) is 6.06. The molecule has 3 atom stereocenters. The van der Waals surface area contributed by atoms with E-state index in [0.29, 0.717) is 23.9 Å². The Morgan fingerprint density at radius 2 is 2.14 bits per heavy atom. The Morgan fingerprint density at radius 1 is 1.43 bits per heavy atom. The number of aromatic hydroxyl groups is 1. The average Bonchev–Trinajstić information content (AvgIpc) is 2.46. The molecule has 1 aromatic rings. The fourth-order valence-electron chi connectivity index (χ4n) is 4.67. The van der Waals surface area contributed by atoms with Crippen LogP contribution in [0.3, 0.4) is 0 Å². The third-order valence-electron chi connectivity index (χ3n) is 6.06. The Hall–Kier alpha value is -1.57. The van der Waals surface area contributed by atoms with E-state index in [2.05, 4.69) is 20.4 Å². The number of rotatable bonds is 1. The average molecular weight is 284 g/mol. The first-order chi connectivity index (χ1) is 9.90. The van der Waals surface area contributed by atoms with Gasteiger partial charge in [0.15, 0.2) is 0 Å². The van der Waals surface area contributed by atoms with E-state index < -0.39 is 0 Å². The van der Waals surface area contributed by atoms with E-state index in [9.17, 15) is 9.90 Å². The molecule has 1 N–H and O–H groups in total. The first-order valence-electron chi connectivity index (χ1n) is 7.91. The van der Waals surface area contributed by atoms with E-state index in [0.717, 1.165) is 30.4 Å². The Bertz CT molecular complexity index is 629. The highest BCUT2D eigenvalue weighted by molar-refractivity contribution is 5.82. The van der Waals surface area contributed by atoms with Crippen LogP contribution in [-0.2, 0) is 16.6 Å². The second kappa shape index (κ2) is 4.72. The normalized spacial score (nSPS) is 31.5. The van der Waals surface area contributed by atoms with E-state index in [1.165, 1.54) is 11.1 Å². The molecule has 112 valence electrons. The summed E-state index contributed by atoms with van der Waals surface area (Å²) < 4.78 is 0. The van der Waals surface area contributed by atoms with E-state index in [1.807, 2.05) is 19.1 Å². The molecule has 0 aliphatic heterocycles. The maximum atomic E-state index is 12.1. The van der Waals surface area contributed by atoms with Crippen LogP contribution in [0, 0.1) is 18.8 Å². The summed E-state index contributed by atoms with van der Waals surface area (Å²) in [6.07, 6.45) is 5.46. The summed E-state index contributed by atoms with van der Waals surface area (Å²) in [6, 6.07) is 1.95. The number of benzene rings is 1. The van der Waals surface area contributed by atoms with Crippen molar-refractivity contribution >= 4 is 11.9 Å². The van der Waals surface area contributed by atoms with Crippen LogP contribution in [0.25, 0.3) is 6.08 Å². The van der Waals surface area contributed by atoms with Gasteiger partial charge in [-0.3, -0.25) is 4.79 Å². The topological polar surface area (TPSA) is 37.3 Å². The standard InChI is InChI=1S/C19H24O2/c1-5-13-11(2)18(21)10-16-14(13)6-7-15-12(3)17(20)8-9-19(15,16)4/h5,10,12,15,21H,1,6-9H2,2-4H3. The molecule has 0 spiro atoms. The molecule has 0 aromatic heterocycles. The Balaban J connectivity index is 2.21. The van der Waals surface area contributed by atoms with Crippen molar-refractivity contribution in [2.75, 3.05) is 0 Å². The van der Waals surface area contributed by atoms with Gasteiger partial charge in [0.05, 0.1) is 0 Å². The Kier molecular flexibility index (Phi) is 3.23. The molecule has 2 heteroatoms. The van der Waals surface area contributed by atoms with Crippen molar-refractivity contribution in [1.82, 2.24) is 0 Å². The number of hydrogen-bond donors (Lipinski definition) is 1. The van der Waals surface area contributed by atoms with Gasteiger partial charge in [0, 0.05) is 12.3 Å². The molecule has 0 radical (unpaired) electrons. The van der Waals surface area contributed by atoms with Crippen molar-refractivity contribution in [3.63, 3.8) is 0 Å². The smallest absolute Gasteiger partial charge is 0.136 e. The molecular weight excluding hydrogens is 260 g/mol. The number of carbonyl (C=O) groups is 1. The zero-order valence-electron chi connectivity index (χ0n) is 13.2. The second-order valence-corrected chi connectivity index (χ2v) is 6.98. The lowest BCUT2D eigenvalue weighted by molar-refractivity contribution is -0.128. The van der Waals surface area contributed by atoms with Gasteiger partial charge in [0.2, 0.25) is 0 Å². The van der Waals surface area contributed by atoms with Crippen molar-refractivity contribution in [1.29, 1.82) is 0 Å². The van der Waals surface area contributed by atoms with Crippen molar-refractivity contribution < 1.29 is 9.90 Å². The van der Waals surface area contributed by atoms with E-state index in [-0.39, 0.29) is 11.3 Å². The molecule has 0 bridgehead atoms. The first kappa shape index (κ1) is 14.4. The maximum absolute atomic E-state index is 12.1. The van der Waals surface area contributed by atoms with Gasteiger partial charge in [-0.25, -0.2) is 0 Å². The summed E-state index contributed by atoms with van der Waals surface area (Å²) in [5, 5.41) is 10.3. The van der Waals surface area contributed by atoms with Gasteiger partial charge >= 0.3 is 0 Å². The lowest BCUT2D eigenvalue weighted by Crippen LogP contribution is -2.46. The number of hydrogen-bond acceptors (Lipinski definition) is 2. The predicted octanol–water partition coefficient (Wildman–Crippen LogP) is 4.16. The van der Waals surface area contributed by atoms with Crippen LogP contribution in [-0.4, -0.2) is 10.9 Å². The van der Waals surface area contributed by atoms with Crippen molar-refractivity contribution in [2.24, 2.45) is 11.8 Å². The molecule has 3 unspecified atom stereocenters. The summed E-state index contributed by atoms with van der Waals surface area (Å²) in [5.41, 5.74) is 4.60. The summed E-state index contributed by atoms with van der Waals surface area (Å²) >= 11 is 0. The van der Waals surface area contributed by atoms with Crippen molar-refractivity contribution in [3.05, 3.63) is 34.9 Å². The summed E-state index contributed by atoms with van der Waals surface area (Å²) in [4.78, 5) is 12.1. The predicted molar refractivity (Wildman–Crippen MR) is 85.5 cm³/mol. The molecule has 0 heterocycles. The van der Waals surface area contributed by atoms with Gasteiger partial charge < -0.3 is 5.11 Å².